The van der Waals surface area contributed by atoms with Gasteiger partial charge in [0, 0.05) is 6.04 Å². The molecular weight excluding hydrogens is 217 g/mol. The lowest BCUT2D eigenvalue weighted by Gasteiger charge is -2.15. The Morgan fingerprint density at radius 1 is 1.29 bits per heavy atom. The molecule has 2 fully saturated rings. The van der Waals surface area contributed by atoms with E-state index in [4.69, 9.17) is 4.74 Å². The van der Waals surface area contributed by atoms with Gasteiger partial charge in [-0.25, -0.2) is 4.39 Å². The molecule has 17 heavy (non-hydrogen) atoms. The third-order valence-electron chi connectivity index (χ3n) is 3.47. The molecule has 1 saturated heterocycles. The van der Waals surface area contributed by atoms with Gasteiger partial charge in [-0.15, -0.1) is 0 Å². The SMILES string of the molecule is Fc1ccc(OC2CC2)c(CC2CCCN2)c1. The number of hydrogen-bond acceptors (Lipinski definition) is 2. The smallest absolute Gasteiger partial charge is 0.123 e. The lowest BCUT2D eigenvalue weighted by atomic mass is 10.0. The molecule has 3 rings (SSSR count). The number of nitrogens with one attached hydrogen (secondary N) is 1. The van der Waals surface area contributed by atoms with E-state index in [0.29, 0.717) is 12.1 Å². The second-order valence-corrected chi connectivity index (χ2v) is 5.07. The molecule has 1 N–H and O–H groups in total. The summed E-state index contributed by atoms with van der Waals surface area (Å²) in [4.78, 5) is 0. The van der Waals surface area contributed by atoms with Crippen molar-refractivity contribution in [2.24, 2.45) is 0 Å². The summed E-state index contributed by atoms with van der Waals surface area (Å²) in [6.07, 6.45) is 5.92. The zero-order valence-electron chi connectivity index (χ0n) is 9.92. The van der Waals surface area contributed by atoms with Gasteiger partial charge in [-0.3, -0.25) is 0 Å². The van der Waals surface area contributed by atoms with E-state index in [0.717, 1.165) is 37.1 Å². The Morgan fingerprint density at radius 3 is 2.88 bits per heavy atom. The van der Waals surface area contributed by atoms with E-state index in [1.807, 2.05) is 0 Å². The molecule has 92 valence electrons. The Labute approximate surface area is 101 Å². The van der Waals surface area contributed by atoms with E-state index in [1.54, 1.807) is 12.1 Å². The van der Waals surface area contributed by atoms with Gasteiger partial charge in [-0.05, 0) is 62.4 Å². The maximum absolute atomic E-state index is 13.3. The Balaban J connectivity index is 1.76. The van der Waals surface area contributed by atoms with Gasteiger partial charge in [-0.1, -0.05) is 0 Å². The zero-order chi connectivity index (χ0) is 11.7. The first-order valence-corrected chi connectivity index (χ1v) is 6.50. The van der Waals surface area contributed by atoms with Gasteiger partial charge in [0.25, 0.3) is 0 Å². The molecule has 2 nitrogen and oxygen atoms in total. The van der Waals surface area contributed by atoms with Crippen LogP contribution in [0, 0.1) is 5.82 Å². The standard InChI is InChI=1S/C14H18FNO/c15-11-3-6-14(17-13-4-5-13)10(8-11)9-12-2-1-7-16-12/h3,6,8,12-13,16H,1-2,4-5,7,9H2. The minimum atomic E-state index is -0.166. The number of halogens is 1. The average molecular weight is 235 g/mol. The summed E-state index contributed by atoms with van der Waals surface area (Å²) in [5.74, 6) is 0.712. The lowest BCUT2D eigenvalue weighted by molar-refractivity contribution is 0.298. The fourth-order valence-corrected chi connectivity index (χ4v) is 2.38. The van der Waals surface area contributed by atoms with Crippen molar-refractivity contribution >= 4 is 0 Å². The van der Waals surface area contributed by atoms with Crippen LogP contribution in [0.15, 0.2) is 18.2 Å². The van der Waals surface area contributed by atoms with E-state index >= 15 is 0 Å². The van der Waals surface area contributed by atoms with Crippen LogP contribution in [0.1, 0.15) is 31.2 Å². The van der Waals surface area contributed by atoms with Crippen LogP contribution >= 0.6 is 0 Å². The van der Waals surface area contributed by atoms with Gasteiger partial charge in [0.15, 0.2) is 0 Å². The molecule has 0 bridgehead atoms. The van der Waals surface area contributed by atoms with Gasteiger partial charge in [-0.2, -0.15) is 0 Å². The molecule has 0 amide bonds. The van der Waals surface area contributed by atoms with Gasteiger partial charge in [0.1, 0.15) is 11.6 Å². The van der Waals surface area contributed by atoms with Crippen LogP contribution in [0.25, 0.3) is 0 Å². The van der Waals surface area contributed by atoms with Crippen molar-refractivity contribution in [2.75, 3.05) is 6.54 Å². The molecule has 2 aliphatic rings. The largest absolute Gasteiger partial charge is 0.490 e. The van der Waals surface area contributed by atoms with Crippen molar-refractivity contribution in [3.63, 3.8) is 0 Å². The molecule has 1 aromatic rings. The zero-order valence-corrected chi connectivity index (χ0v) is 9.92. The summed E-state index contributed by atoms with van der Waals surface area (Å²) < 4.78 is 19.1. The topological polar surface area (TPSA) is 21.3 Å². The van der Waals surface area contributed by atoms with E-state index in [9.17, 15) is 4.39 Å². The highest BCUT2D eigenvalue weighted by molar-refractivity contribution is 5.35. The molecule has 1 aromatic carbocycles. The first kappa shape index (κ1) is 11.0. The summed E-state index contributed by atoms with van der Waals surface area (Å²) in [6, 6.07) is 5.37. The Hall–Kier alpha value is -1.09. The summed E-state index contributed by atoms with van der Waals surface area (Å²) in [7, 11) is 0. The lowest BCUT2D eigenvalue weighted by Crippen LogP contribution is -2.24. The third-order valence-corrected chi connectivity index (χ3v) is 3.47. The quantitative estimate of drug-likeness (QED) is 0.866. The number of hydrogen-bond donors (Lipinski definition) is 1. The van der Waals surface area contributed by atoms with Crippen molar-refractivity contribution in [1.82, 2.24) is 5.32 Å². The number of ether oxygens (including phenoxy) is 1. The van der Waals surface area contributed by atoms with Crippen LogP contribution in [0.5, 0.6) is 5.75 Å². The second-order valence-electron chi connectivity index (χ2n) is 5.07. The van der Waals surface area contributed by atoms with Crippen molar-refractivity contribution in [3.8, 4) is 5.75 Å². The van der Waals surface area contributed by atoms with Crippen molar-refractivity contribution < 1.29 is 9.13 Å². The average Bonchev–Trinajstić information content (AvgIpc) is 2.98. The third kappa shape index (κ3) is 2.78. The van der Waals surface area contributed by atoms with E-state index in [1.165, 1.54) is 18.9 Å². The van der Waals surface area contributed by atoms with Crippen molar-refractivity contribution in [2.45, 2.75) is 44.2 Å². The summed E-state index contributed by atoms with van der Waals surface area (Å²) in [5, 5.41) is 3.44. The minimum Gasteiger partial charge on any atom is -0.490 e. The van der Waals surface area contributed by atoms with E-state index < -0.39 is 0 Å². The van der Waals surface area contributed by atoms with Crippen LogP contribution in [-0.4, -0.2) is 18.7 Å². The van der Waals surface area contributed by atoms with Gasteiger partial charge < -0.3 is 10.1 Å². The fraction of sp³-hybridized carbons (Fsp3) is 0.571. The number of rotatable bonds is 4. The van der Waals surface area contributed by atoms with Crippen molar-refractivity contribution in [1.29, 1.82) is 0 Å². The first-order valence-electron chi connectivity index (χ1n) is 6.50. The van der Waals surface area contributed by atoms with Crippen molar-refractivity contribution in [3.05, 3.63) is 29.6 Å². The fourth-order valence-electron chi connectivity index (χ4n) is 2.38. The number of benzene rings is 1. The highest BCUT2D eigenvalue weighted by Crippen LogP contribution is 2.30. The molecule has 1 aliphatic carbocycles. The Bertz CT molecular complexity index is 397. The van der Waals surface area contributed by atoms with E-state index in [-0.39, 0.29) is 5.82 Å². The maximum atomic E-state index is 13.3. The predicted octanol–water partition coefficient (Wildman–Crippen LogP) is 2.66. The Kier molecular flexibility index (Phi) is 3.02. The van der Waals surface area contributed by atoms with Crippen LogP contribution in [0.4, 0.5) is 4.39 Å². The van der Waals surface area contributed by atoms with Gasteiger partial charge >= 0.3 is 0 Å². The molecule has 1 heterocycles. The molecule has 0 spiro atoms. The van der Waals surface area contributed by atoms with Gasteiger partial charge in [0.05, 0.1) is 6.10 Å². The highest BCUT2D eigenvalue weighted by atomic mass is 19.1. The molecule has 1 aliphatic heterocycles. The predicted molar refractivity (Wildman–Crippen MR) is 64.8 cm³/mol. The normalized spacial score (nSPS) is 23.9. The van der Waals surface area contributed by atoms with Crippen LogP contribution < -0.4 is 10.1 Å². The first-order chi connectivity index (χ1) is 8.31. The molecule has 0 radical (unpaired) electrons. The van der Waals surface area contributed by atoms with Crippen LogP contribution in [0.3, 0.4) is 0 Å². The van der Waals surface area contributed by atoms with Crippen LogP contribution in [-0.2, 0) is 6.42 Å². The molecule has 1 atom stereocenters. The highest BCUT2D eigenvalue weighted by Gasteiger charge is 2.25. The monoisotopic (exact) mass is 235 g/mol. The molecule has 3 heteroatoms. The minimum absolute atomic E-state index is 0.166. The Morgan fingerprint density at radius 2 is 2.18 bits per heavy atom. The van der Waals surface area contributed by atoms with E-state index in [2.05, 4.69) is 5.32 Å². The molecule has 0 aromatic heterocycles. The summed E-state index contributed by atoms with van der Waals surface area (Å²) in [5.41, 5.74) is 1.01. The summed E-state index contributed by atoms with van der Waals surface area (Å²) >= 11 is 0. The van der Waals surface area contributed by atoms with Crippen LogP contribution in [0.2, 0.25) is 0 Å². The molecule has 1 unspecified atom stereocenters. The molecule has 1 saturated carbocycles. The maximum Gasteiger partial charge on any atom is 0.123 e. The molecular formula is C14H18FNO. The summed E-state index contributed by atoms with van der Waals surface area (Å²) in [6.45, 7) is 1.08. The van der Waals surface area contributed by atoms with Gasteiger partial charge in [0.2, 0.25) is 0 Å². The second kappa shape index (κ2) is 4.65.